The monoisotopic (exact) mass is 440 g/mol. The number of furan rings is 1. The summed E-state index contributed by atoms with van der Waals surface area (Å²) in [6.45, 7) is 0.463. The second-order valence-corrected chi connectivity index (χ2v) is 7.48. The molecule has 0 saturated carbocycles. The van der Waals surface area contributed by atoms with Gasteiger partial charge in [-0.1, -0.05) is 60.7 Å². The van der Waals surface area contributed by atoms with Crippen molar-refractivity contribution in [2.24, 2.45) is 0 Å². The summed E-state index contributed by atoms with van der Waals surface area (Å²) < 4.78 is 10.9. The van der Waals surface area contributed by atoms with Crippen LogP contribution in [0.15, 0.2) is 108 Å². The van der Waals surface area contributed by atoms with Crippen LogP contribution >= 0.6 is 0 Å². The van der Waals surface area contributed by atoms with Gasteiger partial charge in [-0.05, 0) is 47.5 Å². The first-order valence-electron chi connectivity index (χ1n) is 10.6. The molecule has 4 rings (SSSR count). The number of ether oxygens (including phenoxy) is 1. The standard InChI is InChI=1S/C27H24N2O4/c30-26(28-22-13-15-23(16-14-22)33-19-21-10-5-2-6-11-21)24(18-20-8-3-1-4-9-20)29-27(31)25-12-7-17-32-25/h1-17,24H,18-19H2,(H,28,30)(H,29,31). The molecule has 0 radical (unpaired) electrons. The molecule has 0 saturated heterocycles. The molecular formula is C27H24N2O4. The Kier molecular flexibility index (Phi) is 7.18. The van der Waals surface area contributed by atoms with E-state index in [0.717, 1.165) is 11.1 Å². The van der Waals surface area contributed by atoms with Crippen LogP contribution in [0.2, 0.25) is 0 Å². The van der Waals surface area contributed by atoms with Crippen molar-refractivity contribution in [3.63, 3.8) is 0 Å². The van der Waals surface area contributed by atoms with Crippen LogP contribution in [-0.2, 0) is 17.8 Å². The van der Waals surface area contributed by atoms with Gasteiger partial charge in [-0.15, -0.1) is 0 Å². The van der Waals surface area contributed by atoms with E-state index in [0.29, 0.717) is 24.5 Å². The molecule has 33 heavy (non-hydrogen) atoms. The fourth-order valence-corrected chi connectivity index (χ4v) is 3.30. The Bertz CT molecular complexity index is 1160. The van der Waals surface area contributed by atoms with E-state index in [9.17, 15) is 9.59 Å². The Morgan fingerprint density at radius 1 is 0.788 bits per heavy atom. The lowest BCUT2D eigenvalue weighted by molar-refractivity contribution is -0.118. The zero-order valence-corrected chi connectivity index (χ0v) is 17.9. The summed E-state index contributed by atoms with van der Waals surface area (Å²) in [5.41, 5.74) is 2.62. The van der Waals surface area contributed by atoms with E-state index < -0.39 is 11.9 Å². The van der Waals surface area contributed by atoms with Crippen LogP contribution in [0.1, 0.15) is 21.7 Å². The van der Waals surface area contributed by atoms with E-state index in [1.807, 2.05) is 60.7 Å². The van der Waals surface area contributed by atoms with Gasteiger partial charge < -0.3 is 19.8 Å². The molecule has 0 aliphatic carbocycles. The molecule has 1 atom stereocenters. The van der Waals surface area contributed by atoms with Gasteiger partial charge in [0.2, 0.25) is 5.91 Å². The van der Waals surface area contributed by atoms with Crippen molar-refractivity contribution in [1.29, 1.82) is 0 Å². The number of nitrogens with one attached hydrogen (secondary N) is 2. The highest BCUT2D eigenvalue weighted by Crippen LogP contribution is 2.18. The molecule has 0 spiro atoms. The SMILES string of the molecule is O=C(NC(Cc1ccccc1)C(=O)Nc1ccc(OCc2ccccc2)cc1)c1ccco1. The van der Waals surface area contributed by atoms with E-state index in [-0.39, 0.29) is 11.7 Å². The third-order valence-electron chi connectivity index (χ3n) is 5.02. The fraction of sp³-hybridized carbons (Fsp3) is 0.111. The van der Waals surface area contributed by atoms with Gasteiger partial charge in [0.05, 0.1) is 6.26 Å². The fourth-order valence-electron chi connectivity index (χ4n) is 3.30. The van der Waals surface area contributed by atoms with Crippen LogP contribution in [0, 0.1) is 0 Å². The maximum atomic E-state index is 13.0. The number of carbonyl (C=O) groups is 2. The Morgan fingerprint density at radius 3 is 2.09 bits per heavy atom. The maximum Gasteiger partial charge on any atom is 0.287 e. The van der Waals surface area contributed by atoms with Gasteiger partial charge in [0, 0.05) is 12.1 Å². The predicted octanol–water partition coefficient (Wildman–Crippen LogP) is 4.84. The number of anilines is 1. The minimum absolute atomic E-state index is 0.153. The minimum atomic E-state index is -0.779. The normalized spacial score (nSPS) is 11.4. The molecule has 4 aromatic rings. The number of hydrogen-bond donors (Lipinski definition) is 2. The summed E-state index contributed by atoms with van der Waals surface area (Å²) in [6.07, 6.45) is 1.76. The van der Waals surface area contributed by atoms with Gasteiger partial charge >= 0.3 is 0 Å². The van der Waals surface area contributed by atoms with Crippen LogP contribution in [0.25, 0.3) is 0 Å². The molecule has 6 heteroatoms. The third-order valence-corrected chi connectivity index (χ3v) is 5.02. The molecule has 0 aliphatic rings. The molecule has 2 amide bonds. The van der Waals surface area contributed by atoms with Crippen molar-refractivity contribution in [1.82, 2.24) is 5.32 Å². The molecule has 3 aromatic carbocycles. The summed E-state index contributed by atoms with van der Waals surface area (Å²) in [6, 6.07) is 29.0. The minimum Gasteiger partial charge on any atom is -0.489 e. The highest BCUT2D eigenvalue weighted by atomic mass is 16.5. The van der Waals surface area contributed by atoms with Gasteiger partial charge in [0.25, 0.3) is 5.91 Å². The van der Waals surface area contributed by atoms with E-state index in [1.165, 1.54) is 6.26 Å². The molecule has 2 N–H and O–H groups in total. The molecule has 166 valence electrons. The third kappa shape index (κ3) is 6.33. The number of rotatable bonds is 9. The second kappa shape index (κ2) is 10.8. The van der Waals surface area contributed by atoms with Gasteiger partial charge in [-0.2, -0.15) is 0 Å². The lowest BCUT2D eigenvalue weighted by Crippen LogP contribution is -2.45. The van der Waals surface area contributed by atoms with Gasteiger partial charge in [0.1, 0.15) is 18.4 Å². The van der Waals surface area contributed by atoms with Crippen LogP contribution < -0.4 is 15.4 Å². The molecular weight excluding hydrogens is 416 g/mol. The summed E-state index contributed by atoms with van der Waals surface area (Å²) in [5.74, 6) is 0.0852. The topological polar surface area (TPSA) is 80.6 Å². The Morgan fingerprint density at radius 2 is 1.45 bits per heavy atom. The highest BCUT2D eigenvalue weighted by Gasteiger charge is 2.23. The van der Waals surface area contributed by atoms with Crippen molar-refractivity contribution >= 4 is 17.5 Å². The average molecular weight is 440 g/mol. The molecule has 0 aliphatic heterocycles. The Hall–Kier alpha value is -4.32. The highest BCUT2D eigenvalue weighted by molar-refractivity contribution is 6.00. The second-order valence-electron chi connectivity index (χ2n) is 7.48. The van der Waals surface area contributed by atoms with Gasteiger partial charge in [-0.25, -0.2) is 0 Å². The number of hydrogen-bond acceptors (Lipinski definition) is 4. The molecule has 1 heterocycles. The maximum absolute atomic E-state index is 13.0. The predicted molar refractivity (Wildman–Crippen MR) is 126 cm³/mol. The van der Waals surface area contributed by atoms with Crippen molar-refractivity contribution in [3.8, 4) is 5.75 Å². The van der Waals surface area contributed by atoms with Crippen LogP contribution in [0.3, 0.4) is 0 Å². The number of benzene rings is 3. The van der Waals surface area contributed by atoms with Crippen molar-refractivity contribution < 1.29 is 18.7 Å². The first-order chi connectivity index (χ1) is 16.2. The zero-order valence-electron chi connectivity index (χ0n) is 17.9. The van der Waals surface area contributed by atoms with E-state index in [2.05, 4.69) is 10.6 Å². The van der Waals surface area contributed by atoms with E-state index >= 15 is 0 Å². The van der Waals surface area contributed by atoms with Crippen molar-refractivity contribution in [2.45, 2.75) is 19.1 Å². The first-order valence-corrected chi connectivity index (χ1v) is 10.6. The molecule has 6 nitrogen and oxygen atoms in total. The smallest absolute Gasteiger partial charge is 0.287 e. The summed E-state index contributed by atoms with van der Waals surface area (Å²) in [7, 11) is 0. The summed E-state index contributed by atoms with van der Waals surface area (Å²) >= 11 is 0. The Balaban J connectivity index is 1.40. The molecule has 0 bridgehead atoms. The van der Waals surface area contributed by atoms with Gasteiger partial charge in [0.15, 0.2) is 5.76 Å². The van der Waals surface area contributed by atoms with Crippen molar-refractivity contribution in [3.05, 3.63) is 120 Å². The van der Waals surface area contributed by atoms with Crippen LogP contribution in [0.5, 0.6) is 5.75 Å². The van der Waals surface area contributed by atoms with E-state index in [1.54, 1.807) is 36.4 Å². The molecule has 1 aromatic heterocycles. The molecule has 1 unspecified atom stereocenters. The van der Waals surface area contributed by atoms with Gasteiger partial charge in [-0.3, -0.25) is 9.59 Å². The Labute approximate surface area is 192 Å². The average Bonchev–Trinajstić information content (AvgIpc) is 3.40. The number of carbonyl (C=O) groups excluding carboxylic acids is 2. The lowest BCUT2D eigenvalue weighted by Gasteiger charge is -2.18. The van der Waals surface area contributed by atoms with E-state index in [4.69, 9.17) is 9.15 Å². The van der Waals surface area contributed by atoms with Crippen LogP contribution in [0.4, 0.5) is 5.69 Å². The molecule has 0 fully saturated rings. The largest absolute Gasteiger partial charge is 0.489 e. The summed E-state index contributed by atoms with van der Waals surface area (Å²) in [5, 5.41) is 5.64. The van der Waals surface area contributed by atoms with Crippen LogP contribution in [-0.4, -0.2) is 17.9 Å². The number of amides is 2. The quantitative estimate of drug-likeness (QED) is 0.390. The van der Waals surface area contributed by atoms with Crippen molar-refractivity contribution in [2.75, 3.05) is 5.32 Å². The summed E-state index contributed by atoms with van der Waals surface area (Å²) in [4.78, 5) is 25.5. The lowest BCUT2D eigenvalue weighted by atomic mass is 10.0. The zero-order chi connectivity index (χ0) is 22.9. The first kappa shape index (κ1) is 21.9.